The minimum atomic E-state index is -0.329. The maximum atomic E-state index is 13.7. The van der Waals surface area contributed by atoms with Crippen LogP contribution in [-0.2, 0) is 7.05 Å². The highest BCUT2D eigenvalue weighted by molar-refractivity contribution is 6.32. The van der Waals surface area contributed by atoms with Crippen molar-refractivity contribution in [3.63, 3.8) is 0 Å². The highest BCUT2D eigenvalue weighted by atomic mass is 35.5. The average Bonchev–Trinajstić information content (AvgIpc) is 3.45. The lowest BCUT2D eigenvalue weighted by molar-refractivity contribution is 0.0936. The molecule has 0 saturated carbocycles. The van der Waals surface area contributed by atoms with Crippen molar-refractivity contribution in [2.75, 3.05) is 26.7 Å². The largest absolute Gasteiger partial charge is 0.495 e. The lowest BCUT2D eigenvalue weighted by atomic mass is 10.1. The number of aryl methyl sites for hydroxylation is 1. The molecule has 1 aliphatic heterocycles. The van der Waals surface area contributed by atoms with Gasteiger partial charge in [0.2, 0.25) is 0 Å². The molecule has 0 spiro atoms. The van der Waals surface area contributed by atoms with E-state index in [-0.39, 0.29) is 17.2 Å². The summed E-state index contributed by atoms with van der Waals surface area (Å²) in [6.07, 6.45) is 2.18. The second-order valence-corrected chi connectivity index (χ2v) is 9.23. The lowest BCUT2D eigenvalue weighted by Gasteiger charge is -2.22. The van der Waals surface area contributed by atoms with Crippen molar-refractivity contribution in [1.82, 2.24) is 24.6 Å². The van der Waals surface area contributed by atoms with E-state index >= 15 is 0 Å². The third-order valence-corrected chi connectivity index (χ3v) is 7.23. The number of amides is 1. The van der Waals surface area contributed by atoms with Crippen molar-refractivity contribution in [2.24, 2.45) is 7.05 Å². The number of fused-ring (bicyclic) bond motifs is 3. The summed E-state index contributed by atoms with van der Waals surface area (Å²) in [4.78, 5) is 29.6. The lowest BCUT2D eigenvalue weighted by Crippen LogP contribution is -2.40. The Morgan fingerprint density at radius 3 is 2.80 bits per heavy atom. The van der Waals surface area contributed by atoms with E-state index in [1.165, 1.54) is 11.8 Å². The van der Waals surface area contributed by atoms with Gasteiger partial charge >= 0.3 is 0 Å². The van der Waals surface area contributed by atoms with Gasteiger partial charge in [0.05, 0.1) is 17.8 Å². The highest BCUT2D eigenvalue weighted by Crippen LogP contribution is 2.30. The Hall–Kier alpha value is -3.36. The van der Waals surface area contributed by atoms with Crippen molar-refractivity contribution in [3.8, 4) is 11.4 Å². The molecule has 0 radical (unpaired) electrons. The van der Waals surface area contributed by atoms with Crippen LogP contribution in [0.5, 0.6) is 5.75 Å². The predicted molar refractivity (Wildman–Crippen MR) is 138 cm³/mol. The number of para-hydroxylation sites is 1. The standard InChI is InChI=1S/C26H28ClN5O3/c1-4-31-13-7-8-17(31)15-28-25(33)23-22-18-9-5-6-10-20(18)30(2)24(22)26(34)32(29-23)16-11-12-21(35-3)19(27)14-16/h5-6,9-12,14,17H,4,7-8,13,15H2,1-3H3,(H,28,33). The van der Waals surface area contributed by atoms with E-state index in [1.807, 2.05) is 35.9 Å². The summed E-state index contributed by atoms with van der Waals surface area (Å²) in [5, 5.41) is 9.39. The van der Waals surface area contributed by atoms with Crippen LogP contribution in [0.15, 0.2) is 47.3 Å². The quantitative estimate of drug-likeness (QED) is 0.442. The number of likely N-dealkylation sites (N-methyl/N-ethyl adjacent to an activating group) is 1. The zero-order valence-corrected chi connectivity index (χ0v) is 20.8. The van der Waals surface area contributed by atoms with Crippen LogP contribution in [0.25, 0.3) is 27.5 Å². The molecule has 1 saturated heterocycles. The molecule has 0 bridgehead atoms. The number of halogens is 1. The third kappa shape index (κ3) is 3.96. The number of benzene rings is 2. The number of carbonyl (C=O) groups is 1. The second-order valence-electron chi connectivity index (χ2n) is 8.82. The van der Waals surface area contributed by atoms with Crippen LogP contribution < -0.4 is 15.6 Å². The summed E-state index contributed by atoms with van der Waals surface area (Å²) in [6, 6.07) is 13.0. The number of rotatable bonds is 6. The zero-order valence-electron chi connectivity index (χ0n) is 20.0. The van der Waals surface area contributed by atoms with Crippen molar-refractivity contribution in [2.45, 2.75) is 25.8 Å². The van der Waals surface area contributed by atoms with Crippen LogP contribution in [0.2, 0.25) is 5.02 Å². The van der Waals surface area contributed by atoms with Crippen LogP contribution >= 0.6 is 11.6 Å². The molecule has 4 aromatic rings. The number of nitrogens with one attached hydrogen (secondary N) is 1. The maximum Gasteiger partial charge on any atom is 0.296 e. The Bertz CT molecular complexity index is 1490. The van der Waals surface area contributed by atoms with Crippen molar-refractivity contribution < 1.29 is 9.53 Å². The molecule has 1 atom stereocenters. The molecule has 2 aromatic heterocycles. The van der Waals surface area contributed by atoms with Gasteiger partial charge in [-0.15, -0.1) is 0 Å². The Kier molecular flexibility index (Phi) is 6.25. The maximum absolute atomic E-state index is 13.7. The van der Waals surface area contributed by atoms with Gasteiger partial charge in [-0.2, -0.15) is 9.78 Å². The van der Waals surface area contributed by atoms with Gasteiger partial charge in [0, 0.05) is 35.9 Å². The molecule has 1 unspecified atom stereocenters. The Morgan fingerprint density at radius 1 is 1.26 bits per heavy atom. The van der Waals surface area contributed by atoms with Gasteiger partial charge in [-0.25, -0.2) is 0 Å². The molecule has 182 valence electrons. The van der Waals surface area contributed by atoms with Crippen LogP contribution in [0.1, 0.15) is 30.3 Å². The zero-order chi connectivity index (χ0) is 24.7. The molecule has 0 aliphatic carbocycles. The molecular formula is C26H28ClN5O3. The SMILES string of the molecule is CCN1CCCC1CNC(=O)c1nn(-c2ccc(OC)c(Cl)c2)c(=O)c2c1c1ccccc1n2C. The molecule has 1 fully saturated rings. The number of methoxy groups -OCH3 is 1. The summed E-state index contributed by atoms with van der Waals surface area (Å²) in [6.45, 7) is 4.67. The fraction of sp³-hybridized carbons (Fsp3) is 0.346. The van der Waals surface area contributed by atoms with Gasteiger partial charge in [-0.1, -0.05) is 36.7 Å². The Balaban J connectivity index is 1.67. The fourth-order valence-corrected chi connectivity index (χ4v) is 5.39. The van der Waals surface area contributed by atoms with E-state index in [1.54, 1.807) is 18.2 Å². The van der Waals surface area contributed by atoms with Crippen LogP contribution in [0.4, 0.5) is 0 Å². The first kappa shape index (κ1) is 23.4. The van der Waals surface area contributed by atoms with E-state index in [2.05, 4.69) is 22.2 Å². The Labute approximate surface area is 208 Å². The summed E-state index contributed by atoms with van der Waals surface area (Å²) in [5.74, 6) is 0.187. The minimum absolute atomic E-state index is 0.212. The molecule has 9 heteroatoms. The van der Waals surface area contributed by atoms with E-state index in [0.717, 1.165) is 36.8 Å². The second kappa shape index (κ2) is 9.36. The molecule has 3 heterocycles. The summed E-state index contributed by atoms with van der Waals surface area (Å²) in [5.41, 5.74) is 1.60. The minimum Gasteiger partial charge on any atom is -0.495 e. The molecule has 1 aliphatic rings. The van der Waals surface area contributed by atoms with Gasteiger partial charge < -0.3 is 14.6 Å². The first-order valence-electron chi connectivity index (χ1n) is 11.8. The van der Waals surface area contributed by atoms with Crippen molar-refractivity contribution in [1.29, 1.82) is 0 Å². The van der Waals surface area contributed by atoms with Crippen LogP contribution in [-0.4, -0.2) is 57.9 Å². The summed E-state index contributed by atoms with van der Waals surface area (Å²) in [7, 11) is 3.36. The van der Waals surface area contributed by atoms with Crippen molar-refractivity contribution >= 4 is 39.3 Å². The highest BCUT2D eigenvalue weighted by Gasteiger charge is 2.26. The number of hydrogen-bond donors (Lipinski definition) is 1. The normalized spacial score (nSPS) is 16.3. The average molecular weight is 494 g/mol. The smallest absolute Gasteiger partial charge is 0.296 e. The summed E-state index contributed by atoms with van der Waals surface area (Å²) >= 11 is 6.34. The number of hydrogen-bond acceptors (Lipinski definition) is 5. The van der Waals surface area contributed by atoms with E-state index < -0.39 is 0 Å². The number of nitrogens with zero attached hydrogens (tertiary/aromatic N) is 4. The van der Waals surface area contributed by atoms with Gasteiger partial charge in [0.15, 0.2) is 5.69 Å². The number of likely N-dealkylation sites (tertiary alicyclic amines) is 1. The molecule has 2 aromatic carbocycles. The van der Waals surface area contributed by atoms with Crippen molar-refractivity contribution in [3.05, 3.63) is 63.5 Å². The third-order valence-electron chi connectivity index (χ3n) is 6.94. The summed E-state index contributed by atoms with van der Waals surface area (Å²) < 4.78 is 8.31. The molecule has 35 heavy (non-hydrogen) atoms. The van der Waals surface area contributed by atoms with E-state index in [4.69, 9.17) is 16.3 Å². The van der Waals surface area contributed by atoms with Crippen LogP contribution in [0, 0.1) is 0 Å². The van der Waals surface area contributed by atoms with Gasteiger partial charge in [-0.3, -0.25) is 14.5 Å². The van der Waals surface area contributed by atoms with Crippen LogP contribution in [0.3, 0.4) is 0 Å². The van der Waals surface area contributed by atoms with Gasteiger partial charge in [0.25, 0.3) is 11.5 Å². The predicted octanol–water partition coefficient (Wildman–Crippen LogP) is 3.75. The molecular weight excluding hydrogens is 466 g/mol. The Morgan fingerprint density at radius 2 is 2.06 bits per heavy atom. The molecule has 1 N–H and O–H groups in total. The van der Waals surface area contributed by atoms with Gasteiger partial charge in [0.1, 0.15) is 11.3 Å². The molecule has 5 rings (SSSR count). The number of carbonyl (C=O) groups excluding carboxylic acids is 1. The number of aromatic nitrogens is 3. The van der Waals surface area contributed by atoms with Gasteiger partial charge in [-0.05, 0) is 50.2 Å². The van der Waals surface area contributed by atoms with E-state index in [0.29, 0.717) is 39.9 Å². The van der Waals surface area contributed by atoms with E-state index in [9.17, 15) is 9.59 Å². The monoisotopic (exact) mass is 493 g/mol. The molecule has 8 nitrogen and oxygen atoms in total. The fourth-order valence-electron chi connectivity index (χ4n) is 5.14. The first-order valence-corrected chi connectivity index (χ1v) is 12.2. The topological polar surface area (TPSA) is 81.4 Å². The number of ether oxygens (including phenoxy) is 1. The molecule has 1 amide bonds. The first-order chi connectivity index (χ1) is 16.9.